The number of carbonyl (C=O) groups is 1. The van der Waals surface area contributed by atoms with E-state index in [1.807, 2.05) is 50.2 Å². The molecule has 2 aromatic carbocycles. The number of hydrogen-bond donors (Lipinski definition) is 0. The number of pyridine rings is 2. The summed E-state index contributed by atoms with van der Waals surface area (Å²) in [7, 11) is 0. The molecule has 0 radical (unpaired) electrons. The second-order valence-corrected chi connectivity index (χ2v) is 6.88. The third kappa shape index (κ3) is 3.66. The molecule has 150 valence electrons. The van der Waals surface area contributed by atoms with Gasteiger partial charge in [-0.25, -0.2) is 4.39 Å². The molecular formula is C25H22FN3O. The van der Waals surface area contributed by atoms with Gasteiger partial charge in [-0.3, -0.25) is 14.8 Å². The Hall–Kier alpha value is -3.60. The lowest BCUT2D eigenvalue weighted by Crippen LogP contribution is -2.23. The lowest BCUT2D eigenvalue weighted by molar-refractivity contribution is 0.0765. The minimum absolute atomic E-state index is 0.103. The molecule has 3 heterocycles. The minimum Gasteiger partial charge on any atom is -0.328 e. The summed E-state index contributed by atoms with van der Waals surface area (Å²) in [6.07, 6.45) is 3.42. The van der Waals surface area contributed by atoms with E-state index in [1.165, 1.54) is 6.07 Å². The van der Waals surface area contributed by atoms with Crippen LogP contribution in [-0.4, -0.2) is 20.8 Å². The van der Waals surface area contributed by atoms with E-state index < -0.39 is 0 Å². The van der Waals surface area contributed by atoms with Crippen molar-refractivity contribution < 1.29 is 9.18 Å². The standard InChI is InChI=1S/C23H16FN3O.C2H6/c24-20-12-16(15-7-8-21-17(11-15)3-1-9-25-21)5-6-18(20)13-27-14-22-19(23(27)28)4-2-10-26-22;1-2/h1-12H,13-14H2;1-2H3. The van der Waals surface area contributed by atoms with Gasteiger partial charge in [-0.2, -0.15) is 0 Å². The highest BCUT2D eigenvalue weighted by atomic mass is 19.1. The first-order valence-electron chi connectivity index (χ1n) is 10.1. The van der Waals surface area contributed by atoms with Gasteiger partial charge >= 0.3 is 0 Å². The summed E-state index contributed by atoms with van der Waals surface area (Å²) >= 11 is 0. The number of halogens is 1. The van der Waals surface area contributed by atoms with Crippen molar-refractivity contribution in [1.29, 1.82) is 0 Å². The Labute approximate surface area is 175 Å². The highest BCUT2D eigenvalue weighted by Crippen LogP contribution is 2.27. The number of rotatable bonds is 3. The van der Waals surface area contributed by atoms with Crippen LogP contribution in [0.5, 0.6) is 0 Å². The maximum absolute atomic E-state index is 14.8. The predicted molar refractivity (Wildman–Crippen MR) is 116 cm³/mol. The van der Waals surface area contributed by atoms with Gasteiger partial charge in [-0.1, -0.05) is 38.1 Å². The molecule has 4 aromatic rings. The molecule has 0 fully saturated rings. The van der Waals surface area contributed by atoms with Crippen LogP contribution < -0.4 is 0 Å². The molecule has 0 unspecified atom stereocenters. The zero-order valence-corrected chi connectivity index (χ0v) is 17.0. The molecule has 0 N–H and O–H groups in total. The maximum Gasteiger partial charge on any atom is 0.256 e. The molecule has 30 heavy (non-hydrogen) atoms. The van der Waals surface area contributed by atoms with Crippen molar-refractivity contribution in [2.75, 3.05) is 0 Å². The fraction of sp³-hybridized carbons (Fsp3) is 0.160. The quantitative estimate of drug-likeness (QED) is 0.449. The summed E-state index contributed by atoms with van der Waals surface area (Å²) in [6, 6.07) is 18.4. The minimum atomic E-state index is -0.319. The lowest BCUT2D eigenvalue weighted by Gasteiger charge is -2.16. The first kappa shape index (κ1) is 19.7. The summed E-state index contributed by atoms with van der Waals surface area (Å²) in [6.45, 7) is 4.64. The molecule has 5 heteroatoms. The summed E-state index contributed by atoms with van der Waals surface area (Å²) in [5, 5.41) is 1.01. The van der Waals surface area contributed by atoms with Crippen molar-refractivity contribution in [3.05, 3.63) is 95.7 Å². The summed E-state index contributed by atoms with van der Waals surface area (Å²) < 4.78 is 14.8. The molecule has 0 spiro atoms. The number of nitrogens with zero attached hydrogens (tertiary/aromatic N) is 3. The molecule has 0 bridgehead atoms. The average molecular weight is 399 g/mol. The molecule has 4 nitrogen and oxygen atoms in total. The van der Waals surface area contributed by atoms with Crippen LogP contribution in [0.4, 0.5) is 4.39 Å². The number of hydrogen-bond acceptors (Lipinski definition) is 3. The third-order valence-corrected chi connectivity index (χ3v) is 5.10. The van der Waals surface area contributed by atoms with E-state index in [-0.39, 0.29) is 18.3 Å². The van der Waals surface area contributed by atoms with Crippen LogP contribution in [0.2, 0.25) is 0 Å². The van der Waals surface area contributed by atoms with Gasteiger partial charge in [0.2, 0.25) is 0 Å². The monoisotopic (exact) mass is 399 g/mol. The molecule has 1 amide bonds. The Morgan fingerprint density at radius 1 is 0.933 bits per heavy atom. The zero-order valence-electron chi connectivity index (χ0n) is 17.0. The first-order valence-corrected chi connectivity index (χ1v) is 10.1. The predicted octanol–water partition coefficient (Wildman–Crippen LogP) is 5.62. The van der Waals surface area contributed by atoms with Crippen LogP contribution in [0.1, 0.15) is 35.5 Å². The number of aromatic nitrogens is 2. The Bertz CT molecular complexity index is 1220. The summed E-state index contributed by atoms with van der Waals surface area (Å²) in [5.74, 6) is -0.422. The van der Waals surface area contributed by atoms with Gasteiger partial charge in [0.15, 0.2) is 0 Å². The van der Waals surface area contributed by atoms with Crippen LogP contribution in [0.25, 0.3) is 22.0 Å². The Morgan fingerprint density at radius 3 is 2.47 bits per heavy atom. The molecule has 1 aliphatic rings. The van der Waals surface area contributed by atoms with Crippen molar-refractivity contribution in [3.8, 4) is 11.1 Å². The zero-order chi connectivity index (χ0) is 21.1. The Balaban J connectivity index is 0.00000106. The van der Waals surface area contributed by atoms with Gasteiger partial charge in [-0.15, -0.1) is 0 Å². The highest BCUT2D eigenvalue weighted by molar-refractivity contribution is 5.97. The molecule has 0 atom stereocenters. The van der Waals surface area contributed by atoms with Gasteiger partial charge in [-0.05, 0) is 47.5 Å². The van der Waals surface area contributed by atoms with Crippen molar-refractivity contribution in [2.24, 2.45) is 0 Å². The van der Waals surface area contributed by atoms with Gasteiger partial charge in [0.25, 0.3) is 5.91 Å². The van der Waals surface area contributed by atoms with Crippen molar-refractivity contribution in [1.82, 2.24) is 14.9 Å². The van der Waals surface area contributed by atoms with Crippen LogP contribution in [0, 0.1) is 5.82 Å². The fourth-order valence-corrected chi connectivity index (χ4v) is 3.63. The number of fused-ring (bicyclic) bond motifs is 2. The fourth-order valence-electron chi connectivity index (χ4n) is 3.63. The number of amides is 1. The highest BCUT2D eigenvalue weighted by Gasteiger charge is 2.28. The van der Waals surface area contributed by atoms with Crippen molar-refractivity contribution in [3.63, 3.8) is 0 Å². The average Bonchev–Trinajstić information content (AvgIpc) is 3.11. The van der Waals surface area contributed by atoms with Crippen LogP contribution >= 0.6 is 0 Å². The van der Waals surface area contributed by atoms with Gasteiger partial charge in [0.05, 0.1) is 23.3 Å². The molecular weight excluding hydrogens is 377 g/mol. The molecule has 1 aliphatic heterocycles. The Kier molecular flexibility index (Phi) is 5.53. The summed E-state index contributed by atoms with van der Waals surface area (Å²) in [4.78, 5) is 22.7. The number of carbonyl (C=O) groups excluding carboxylic acids is 1. The van der Waals surface area contributed by atoms with E-state index in [2.05, 4.69) is 9.97 Å². The van der Waals surface area contributed by atoms with Crippen LogP contribution in [0.3, 0.4) is 0 Å². The van der Waals surface area contributed by atoms with Gasteiger partial charge < -0.3 is 4.90 Å². The third-order valence-electron chi connectivity index (χ3n) is 5.10. The van der Waals surface area contributed by atoms with E-state index in [1.54, 1.807) is 35.5 Å². The molecule has 2 aromatic heterocycles. The normalized spacial score (nSPS) is 12.5. The maximum atomic E-state index is 14.8. The summed E-state index contributed by atoms with van der Waals surface area (Å²) in [5.41, 5.74) is 4.47. The van der Waals surface area contributed by atoms with E-state index >= 15 is 0 Å². The molecule has 0 aliphatic carbocycles. The van der Waals surface area contributed by atoms with E-state index in [9.17, 15) is 9.18 Å². The first-order chi connectivity index (χ1) is 14.7. The number of benzene rings is 2. The topological polar surface area (TPSA) is 46.1 Å². The van der Waals surface area contributed by atoms with Crippen molar-refractivity contribution in [2.45, 2.75) is 26.9 Å². The second kappa shape index (κ2) is 8.41. The second-order valence-electron chi connectivity index (χ2n) is 6.88. The molecule has 0 saturated heterocycles. The largest absolute Gasteiger partial charge is 0.328 e. The van der Waals surface area contributed by atoms with E-state index in [0.717, 1.165) is 27.7 Å². The molecule has 5 rings (SSSR count). The van der Waals surface area contributed by atoms with E-state index in [4.69, 9.17) is 0 Å². The SMILES string of the molecule is CC.O=C1c2cccnc2CN1Cc1ccc(-c2ccc3ncccc3c2)cc1F. The smallest absolute Gasteiger partial charge is 0.256 e. The van der Waals surface area contributed by atoms with Crippen LogP contribution in [0.15, 0.2) is 73.1 Å². The van der Waals surface area contributed by atoms with Crippen LogP contribution in [-0.2, 0) is 13.1 Å². The molecule has 0 saturated carbocycles. The lowest BCUT2D eigenvalue weighted by atomic mass is 10.0. The Morgan fingerprint density at radius 2 is 1.67 bits per heavy atom. The van der Waals surface area contributed by atoms with Crippen molar-refractivity contribution >= 4 is 16.8 Å². The van der Waals surface area contributed by atoms with Gasteiger partial charge in [0, 0.05) is 29.9 Å². The van der Waals surface area contributed by atoms with E-state index in [0.29, 0.717) is 17.7 Å². The van der Waals surface area contributed by atoms with Gasteiger partial charge in [0.1, 0.15) is 5.82 Å².